The monoisotopic (exact) mass is 560 g/mol. The van der Waals surface area contributed by atoms with Crippen LogP contribution in [0.2, 0.25) is 0 Å². The van der Waals surface area contributed by atoms with Gasteiger partial charge in [-0.15, -0.1) is 0 Å². The highest BCUT2D eigenvalue weighted by Crippen LogP contribution is 2.12. The summed E-state index contributed by atoms with van der Waals surface area (Å²) in [7, 11) is 0. The quantitative estimate of drug-likeness (QED) is 0.0996. The van der Waals surface area contributed by atoms with E-state index in [4.69, 9.17) is 17.2 Å². The molecule has 4 atom stereocenters. The second-order valence-electron chi connectivity index (χ2n) is 8.96. The Morgan fingerprint density at radius 3 is 2.00 bits per heavy atom. The van der Waals surface area contributed by atoms with Gasteiger partial charge in [-0.25, -0.2) is 9.78 Å². The van der Waals surface area contributed by atoms with Gasteiger partial charge in [0.25, 0.3) is 0 Å². The Morgan fingerprint density at radius 1 is 0.850 bits per heavy atom. The van der Waals surface area contributed by atoms with Gasteiger partial charge in [0, 0.05) is 31.2 Å². The molecule has 0 aliphatic rings. The molecule has 0 saturated heterocycles. The lowest BCUT2D eigenvalue weighted by atomic mass is 10.0. The molecule has 0 aliphatic heterocycles. The fourth-order valence-electron chi connectivity index (χ4n) is 3.56. The average molecular weight is 561 g/mol. The summed E-state index contributed by atoms with van der Waals surface area (Å²) in [5.41, 5.74) is 16.9. The van der Waals surface area contributed by atoms with Crippen molar-refractivity contribution in [2.75, 3.05) is 0 Å². The van der Waals surface area contributed by atoms with Gasteiger partial charge >= 0.3 is 5.97 Å². The lowest BCUT2D eigenvalue weighted by Crippen LogP contribution is -2.58. The van der Waals surface area contributed by atoms with Crippen molar-refractivity contribution in [2.45, 2.75) is 56.3 Å². The van der Waals surface area contributed by atoms with Crippen LogP contribution in [0.1, 0.15) is 30.5 Å². The van der Waals surface area contributed by atoms with Gasteiger partial charge in [-0.05, 0) is 24.1 Å². The number of nitrogens with two attached hydrogens (primary N) is 3. The Labute approximate surface area is 228 Å². The standard InChI is InChI=1S/C24H32N8O8/c25-15(5-6-19(26)34)21(36)30-17(9-20(27)35)23(38)31-16(8-13-10-28-11-29-13)22(37)32-18(24(39)40)7-12-1-3-14(33)4-2-12/h1-4,10-11,15-18,33H,5-9,25H2,(H2,26,34)(H2,27,35)(H,28,29)(H,30,36)(H,31,38)(H,32,37)(H,39,40). The number of hydrogen-bond acceptors (Lipinski definition) is 9. The molecule has 16 heteroatoms. The molecule has 40 heavy (non-hydrogen) atoms. The number of nitrogens with one attached hydrogen (secondary N) is 4. The molecule has 0 radical (unpaired) electrons. The topological polar surface area (TPSA) is 286 Å². The Kier molecular flexibility index (Phi) is 11.6. The van der Waals surface area contributed by atoms with E-state index in [0.717, 1.165) is 0 Å². The number of primary amides is 2. The first-order valence-electron chi connectivity index (χ1n) is 12.1. The highest BCUT2D eigenvalue weighted by atomic mass is 16.4. The zero-order valence-corrected chi connectivity index (χ0v) is 21.3. The van der Waals surface area contributed by atoms with Crippen LogP contribution in [-0.2, 0) is 41.6 Å². The van der Waals surface area contributed by atoms with Crippen LogP contribution in [-0.4, -0.2) is 79.9 Å². The molecule has 0 aliphatic carbocycles. The number of benzene rings is 1. The van der Waals surface area contributed by atoms with E-state index in [9.17, 15) is 39.0 Å². The summed E-state index contributed by atoms with van der Waals surface area (Å²) in [6.45, 7) is 0. The summed E-state index contributed by atoms with van der Waals surface area (Å²) < 4.78 is 0. The zero-order valence-electron chi connectivity index (χ0n) is 21.3. The van der Waals surface area contributed by atoms with Crippen molar-refractivity contribution in [1.82, 2.24) is 25.9 Å². The minimum Gasteiger partial charge on any atom is -0.508 e. The summed E-state index contributed by atoms with van der Waals surface area (Å²) in [6.07, 6.45) is 1.49. The van der Waals surface area contributed by atoms with Crippen LogP contribution in [0.3, 0.4) is 0 Å². The van der Waals surface area contributed by atoms with E-state index in [-0.39, 0.29) is 31.4 Å². The Bertz CT molecular complexity index is 1200. The first-order valence-corrected chi connectivity index (χ1v) is 12.1. The van der Waals surface area contributed by atoms with Crippen molar-refractivity contribution in [3.63, 3.8) is 0 Å². The van der Waals surface area contributed by atoms with Gasteiger partial charge < -0.3 is 48.3 Å². The second-order valence-corrected chi connectivity index (χ2v) is 8.96. The van der Waals surface area contributed by atoms with E-state index < -0.39 is 66.1 Å². The van der Waals surface area contributed by atoms with Crippen molar-refractivity contribution in [3.05, 3.63) is 48.0 Å². The van der Waals surface area contributed by atoms with Crippen LogP contribution in [0, 0.1) is 0 Å². The van der Waals surface area contributed by atoms with Crippen LogP contribution in [0.15, 0.2) is 36.8 Å². The van der Waals surface area contributed by atoms with E-state index in [1.165, 1.54) is 36.8 Å². The number of aromatic amines is 1. The molecule has 4 unspecified atom stereocenters. The highest BCUT2D eigenvalue weighted by Gasteiger charge is 2.31. The number of hydrogen-bond donors (Lipinski definition) is 9. The molecular weight excluding hydrogens is 528 g/mol. The van der Waals surface area contributed by atoms with Gasteiger partial charge in [-0.1, -0.05) is 12.1 Å². The number of phenolic OH excluding ortho intramolecular Hbond substituents is 1. The Morgan fingerprint density at radius 2 is 1.45 bits per heavy atom. The van der Waals surface area contributed by atoms with E-state index >= 15 is 0 Å². The molecule has 16 nitrogen and oxygen atoms in total. The van der Waals surface area contributed by atoms with E-state index in [1.54, 1.807) is 0 Å². The molecule has 2 aromatic rings. The van der Waals surface area contributed by atoms with E-state index in [2.05, 4.69) is 25.9 Å². The average Bonchev–Trinajstić information content (AvgIpc) is 3.40. The molecule has 0 bridgehead atoms. The minimum absolute atomic E-state index is 0.0200. The largest absolute Gasteiger partial charge is 0.508 e. The summed E-state index contributed by atoms with van der Waals surface area (Å²) in [6, 6.07) is 0.186. The van der Waals surface area contributed by atoms with E-state index in [1.807, 2.05) is 0 Å². The first-order chi connectivity index (χ1) is 18.8. The maximum Gasteiger partial charge on any atom is 0.326 e. The summed E-state index contributed by atoms with van der Waals surface area (Å²) in [5, 5.41) is 26.2. The lowest BCUT2D eigenvalue weighted by Gasteiger charge is -2.24. The number of carbonyl (C=O) groups is 6. The Balaban J connectivity index is 2.20. The SMILES string of the molecule is NC(=O)CCC(N)C(=O)NC(CC(N)=O)C(=O)NC(Cc1cnc[nH]1)C(=O)NC(Cc1ccc(O)cc1)C(=O)O. The summed E-state index contributed by atoms with van der Waals surface area (Å²) >= 11 is 0. The van der Waals surface area contributed by atoms with Crippen LogP contribution in [0.25, 0.3) is 0 Å². The van der Waals surface area contributed by atoms with Gasteiger partial charge in [-0.2, -0.15) is 0 Å². The number of carbonyl (C=O) groups excluding carboxylic acids is 5. The number of phenols is 1. The smallest absolute Gasteiger partial charge is 0.326 e. The second kappa shape index (κ2) is 14.8. The molecule has 1 aromatic heterocycles. The number of H-pyrrole nitrogens is 1. The first kappa shape index (κ1) is 31.2. The fourth-order valence-corrected chi connectivity index (χ4v) is 3.56. The van der Waals surface area contributed by atoms with Crippen molar-refractivity contribution in [3.8, 4) is 5.75 Å². The highest BCUT2D eigenvalue weighted by molar-refractivity contribution is 5.96. The Hall–Kier alpha value is -4.99. The van der Waals surface area contributed by atoms with Gasteiger partial charge in [0.15, 0.2) is 0 Å². The third-order valence-electron chi connectivity index (χ3n) is 5.68. The number of carboxylic acids is 1. The molecular formula is C24H32N8O8. The predicted molar refractivity (Wildman–Crippen MR) is 138 cm³/mol. The number of carboxylic acid groups (broad SMARTS) is 1. The third-order valence-corrected chi connectivity index (χ3v) is 5.68. The summed E-state index contributed by atoms with van der Waals surface area (Å²) in [4.78, 5) is 79.8. The van der Waals surface area contributed by atoms with Crippen molar-refractivity contribution < 1.29 is 39.0 Å². The fraction of sp³-hybridized carbons (Fsp3) is 0.375. The normalized spacial score (nSPS) is 13.7. The molecule has 5 amide bonds. The summed E-state index contributed by atoms with van der Waals surface area (Å²) in [5.74, 6) is -5.72. The van der Waals surface area contributed by atoms with Crippen molar-refractivity contribution in [2.24, 2.45) is 17.2 Å². The maximum absolute atomic E-state index is 13.2. The minimum atomic E-state index is -1.53. The molecule has 0 fully saturated rings. The van der Waals surface area contributed by atoms with Crippen molar-refractivity contribution in [1.29, 1.82) is 0 Å². The predicted octanol–water partition coefficient (Wildman–Crippen LogP) is -3.09. The zero-order chi connectivity index (χ0) is 29.8. The number of amides is 5. The number of aromatic hydroxyl groups is 1. The number of aromatic nitrogens is 2. The van der Waals surface area contributed by atoms with Crippen LogP contribution in [0.4, 0.5) is 0 Å². The van der Waals surface area contributed by atoms with Crippen molar-refractivity contribution >= 4 is 35.5 Å². The molecule has 2 rings (SSSR count). The number of imidazole rings is 1. The molecule has 0 spiro atoms. The van der Waals surface area contributed by atoms with Crippen LogP contribution >= 0.6 is 0 Å². The van der Waals surface area contributed by atoms with Gasteiger partial charge in [-0.3, -0.25) is 24.0 Å². The van der Waals surface area contributed by atoms with Crippen LogP contribution < -0.4 is 33.2 Å². The van der Waals surface area contributed by atoms with Gasteiger partial charge in [0.05, 0.1) is 18.8 Å². The number of aliphatic carboxylic acids is 1. The number of nitrogens with zero attached hydrogens (tertiary/aromatic N) is 1. The molecule has 216 valence electrons. The number of rotatable bonds is 16. The van der Waals surface area contributed by atoms with Crippen LogP contribution in [0.5, 0.6) is 5.75 Å². The van der Waals surface area contributed by atoms with E-state index in [0.29, 0.717) is 11.3 Å². The lowest BCUT2D eigenvalue weighted by molar-refractivity contribution is -0.142. The third kappa shape index (κ3) is 10.4. The molecule has 1 aromatic carbocycles. The van der Waals surface area contributed by atoms with Gasteiger partial charge in [0.1, 0.15) is 23.9 Å². The molecule has 0 saturated carbocycles. The molecule has 1 heterocycles. The van der Waals surface area contributed by atoms with Gasteiger partial charge in [0.2, 0.25) is 29.5 Å². The maximum atomic E-state index is 13.2. The molecule has 12 N–H and O–H groups in total.